The quantitative estimate of drug-likeness (QED) is 0.790. The minimum Gasteiger partial charge on any atom is -0.342 e. The average molecular weight is 277 g/mol. The number of likely N-dealkylation sites (N-methyl/N-ethyl adjacent to an activating group) is 2. The van der Waals surface area contributed by atoms with Gasteiger partial charge in [-0.2, -0.15) is 0 Å². The molecule has 0 aliphatic carbocycles. The summed E-state index contributed by atoms with van der Waals surface area (Å²) in [7, 11) is 1.87. The van der Waals surface area contributed by atoms with Gasteiger partial charge in [0.2, 0.25) is 5.91 Å². The molecule has 0 aliphatic rings. The predicted octanol–water partition coefficient (Wildman–Crippen LogP) is 1.49. The number of nitrogens with zero attached hydrogens (tertiary/aromatic N) is 4. The first-order chi connectivity index (χ1) is 8.08. The number of aromatic nitrogens is 2. The van der Waals surface area contributed by atoms with Crippen molar-refractivity contribution in [1.29, 1.82) is 0 Å². The van der Waals surface area contributed by atoms with Crippen molar-refractivity contribution < 1.29 is 4.79 Å². The summed E-state index contributed by atoms with van der Waals surface area (Å²) in [4.78, 5) is 15.5. The third kappa shape index (κ3) is 4.22. The first kappa shape index (κ1) is 14.3. The summed E-state index contributed by atoms with van der Waals surface area (Å²) < 4.78 is 4.35. The molecule has 0 fully saturated rings. The molecule has 0 aromatic carbocycles. The maximum atomic E-state index is 11.8. The van der Waals surface area contributed by atoms with Crippen LogP contribution in [0, 0.1) is 0 Å². The Morgan fingerprint density at radius 3 is 2.53 bits per heavy atom. The van der Waals surface area contributed by atoms with Gasteiger partial charge in [-0.25, -0.2) is 0 Å². The summed E-state index contributed by atoms with van der Waals surface area (Å²) in [5.74, 6) is 0.122. The van der Waals surface area contributed by atoms with E-state index < -0.39 is 0 Å². The molecule has 7 heteroatoms. The summed E-state index contributed by atoms with van der Waals surface area (Å²) in [6, 6.07) is 0. The fraction of sp³-hybridized carbons (Fsp3) is 0.700. The highest BCUT2D eigenvalue weighted by atomic mass is 35.5. The first-order valence-electron chi connectivity index (χ1n) is 5.51. The molecule has 1 rings (SSSR count). The molecule has 1 aromatic rings. The first-order valence-corrected chi connectivity index (χ1v) is 6.66. The fourth-order valence-electron chi connectivity index (χ4n) is 1.51. The van der Waals surface area contributed by atoms with Gasteiger partial charge in [-0.1, -0.05) is 16.1 Å². The molecule has 0 saturated carbocycles. The van der Waals surface area contributed by atoms with E-state index in [1.165, 1.54) is 0 Å². The molecule has 1 aromatic heterocycles. The molecule has 0 radical (unpaired) electrons. The Kier molecular flexibility index (Phi) is 5.80. The van der Waals surface area contributed by atoms with Gasteiger partial charge in [-0.15, -0.1) is 5.10 Å². The molecule has 1 amide bonds. The normalized spacial score (nSPS) is 10.9. The zero-order valence-electron chi connectivity index (χ0n) is 10.3. The second-order valence-electron chi connectivity index (χ2n) is 3.73. The number of halogens is 1. The van der Waals surface area contributed by atoms with Gasteiger partial charge in [0, 0.05) is 31.2 Å². The Hall–Kier alpha value is -0.720. The van der Waals surface area contributed by atoms with Crippen molar-refractivity contribution in [1.82, 2.24) is 19.4 Å². The molecule has 0 N–H and O–H groups in total. The third-order valence-electron chi connectivity index (χ3n) is 2.45. The molecule has 0 aliphatic heterocycles. The van der Waals surface area contributed by atoms with Gasteiger partial charge >= 0.3 is 0 Å². The van der Waals surface area contributed by atoms with Gasteiger partial charge in [0.1, 0.15) is 10.0 Å². The Labute approximate surface area is 111 Å². The largest absolute Gasteiger partial charge is 0.342 e. The van der Waals surface area contributed by atoms with E-state index in [4.69, 9.17) is 11.6 Å². The second kappa shape index (κ2) is 6.88. The van der Waals surface area contributed by atoms with Gasteiger partial charge in [-0.3, -0.25) is 9.69 Å². The summed E-state index contributed by atoms with van der Waals surface area (Å²) in [6.07, 6.45) is 0. The molecule has 0 unspecified atom stereocenters. The Balaban J connectivity index is 2.47. The van der Waals surface area contributed by atoms with Gasteiger partial charge in [0.25, 0.3) is 0 Å². The lowest BCUT2D eigenvalue weighted by atomic mass is 10.4. The van der Waals surface area contributed by atoms with Crippen molar-refractivity contribution in [2.45, 2.75) is 20.4 Å². The number of rotatable bonds is 6. The molecule has 0 saturated heterocycles. The molecule has 1 heterocycles. The van der Waals surface area contributed by atoms with Crippen LogP contribution in [0.2, 0.25) is 4.34 Å². The summed E-state index contributed by atoms with van der Waals surface area (Å²) >= 11 is 7.07. The molecule has 0 spiro atoms. The van der Waals surface area contributed by atoms with Crippen molar-refractivity contribution in [3.05, 3.63) is 10.0 Å². The number of amides is 1. The van der Waals surface area contributed by atoms with E-state index in [-0.39, 0.29) is 5.91 Å². The smallest absolute Gasteiger partial charge is 0.236 e. The third-order valence-corrected chi connectivity index (χ3v) is 3.43. The SMILES string of the molecule is CCN(CC)C(=O)CN(C)Cc1nnsc1Cl. The highest BCUT2D eigenvalue weighted by Crippen LogP contribution is 2.18. The predicted molar refractivity (Wildman–Crippen MR) is 69.2 cm³/mol. The molecule has 0 atom stereocenters. The highest BCUT2D eigenvalue weighted by Gasteiger charge is 2.14. The Morgan fingerprint density at radius 1 is 1.41 bits per heavy atom. The van der Waals surface area contributed by atoms with Crippen LogP contribution in [0.25, 0.3) is 0 Å². The van der Waals surface area contributed by atoms with E-state index in [1.807, 2.05) is 25.8 Å². The van der Waals surface area contributed by atoms with Crippen LogP contribution in [-0.2, 0) is 11.3 Å². The average Bonchev–Trinajstić information content (AvgIpc) is 2.66. The van der Waals surface area contributed by atoms with E-state index in [9.17, 15) is 4.79 Å². The van der Waals surface area contributed by atoms with Crippen molar-refractivity contribution in [3.63, 3.8) is 0 Å². The zero-order valence-corrected chi connectivity index (χ0v) is 11.9. The second-order valence-corrected chi connectivity index (χ2v) is 5.09. The highest BCUT2D eigenvalue weighted by molar-refractivity contribution is 7.10. The molecule has 5 nitrogen and oxygen atoms in total. The fourth-order valence-corrected chi connectivity index (χ4v) is 2.12. The van der Waals surface area contributed by atoms with Crippen LogP contribution in [0.3, 0.4) is 0 Å². The topological polar surface area (TPSA) is 49.3 Å². The Bertz CT molecular complexity index is 367. The number of hydrogen-bond donors (Lipinski definition) is 0. The van der Waals surface area contributed by atoms with Crippen LogP contribution in [0.5, 0.6) is 0 Å². The lowest BCUT2D eigenvalue weighted by molar-refractivity contribution is -0.131. The number of carbonyl (C=O) groups excluding carboxylic acids is 1. The molecule has 96 valence electrons. The Morgan fingerprint density at radius 2 is 2.06 bits per heavy atom. The van der Waals surface area contributed by atoms with Gasteiger partial charge in [0.05, 0.1) is 6.54 Å². The van der Waals surface area contributed by atoms with Gasteiger partial charge in [0.15, 0.2) is 0 Å². The van der Waals surface area contributed by atoms with Crippen LogP contribution in [0.4, 0.5) is 0 Å². The molecular weight excluding hydrogens is 260 g/mol. The van der Waals surface area contributed by atoms with E-state index in [0.717, 1.165) is 30.3 Å². The van der Waals surface area contributed by atoms with Crippen molar-refractivity contribution in [2.24, 2.45) is 0 Å². The van der Waals surface area contributed by atoms with Crippen LogP contribution >= 0.6 is 23.1 Å². The molecule has 0 bridgehead atoms. The van der Waals surface area contributed by atoms with Crippen LogP contribution in [0.1, 0.15) is 19.5 Å². The summed E-state index contributed by atoms with van der Waals surface area (Å²) in [5.41, 5.74) is 0.728. The van der Waals surface area contributed by atoms with Gasteiger partial charge < -0.3 is 4.90 Å². The molecule has 17 heavy (non-hydrogen) atoms. The lowest BCUT2D eigenvalue weighted by Gasteiger charge is -2.22. The van der Waals surface area contributed by atoms with Crippen molar-refractivity contribution in [3.8, 4) is 0 Å². The summed E-state index contributed by atoms with van der Waals surface area (Å²) in [5, 5.41) is 3.92. The maximum absolute atomic E-state index is 11.8. The van der Waals surface area contributed by atoms with E-state index >= 15 is 0 Å². The summed E-state index contributed by atoms with van der Waals surface area (Å²) in [6.45, 7) is 6.34. The van der Waals surface area contributed by atoms with E-state index in [2.05, 4.69) is 9.59 Å². The van der Waals surface area contributed by atoms with Crippen LogP contribution in [0.15, 0.2) is 0 Å². The standard InChI is InChI=1S/C10H17ClN4OS/c1-4-15(5-2)9(16)7-14(3)6-8-10(11)17-13-12-8/h4-7H2,1-3H3. The van der Waals surface area contributed by atoms with Crippen molar-refractivity contribution >= 4 is 29.0 Å². The van der Waals surface area contributed by atoms with Crippen molar-refractivity contribution in [2.75, 3.05) is 26.7 Å². The number of carbonyl (C=O) groups is 1. The van der Waals surface area contributed by atoms with Crippen LogP contribution < -0.4 is 0 Å². The van der Waals surface area contributed by atoms with Gasteiger partial charge in [-0.05, 0) is 20.9 Å². The minimum absolute atomic E-state index is 0.122. The van der Waals surface area contributed by atoms with E-state index in [1.54, 1.807) is 4.90 Å². The maximum Gasteiger partial charge on any atom is 0.236 e. The van der Waals surface area contributed by atoms with Crippen LogP contribution in [-0.4, -0.2) is 52.0 Å². The lowest BCUT2D eigenvalue weighted by Crippen LogP contribution is -2.38. The minimum atomic E-state index is 0.122. The molecular formula is C10H17ClN4OS. The zero-order chi connectivity index (χ0) is 12.8. The monoisotopic (exact) mass is 276 g/mol. The van der Waals surface area contributed by atoms with E-state index in [0.29, 0.717) is 17.4 Å². The number of hydrogen-bond acceptors (Lipinski definition) is 5.